The first kappa shape index (κ1) is 18.3. The van der Waals surface area contributed by atoms with E-state index in [2.05, 4.69) is 18.8 Å². The summed E-state index contributed by atoms with van der Waals surface area (Å²) in [6, 6.07) is -0.182. The summed E-state index contributed by atoms with van der Waals surface area (Å²) in [4.78, 5) is 13.6. The van der Waals surface area contributed by atoms with E-state index in [1.165, 1.54) is 0 Å². The van der Waals surface area contributed by atoms with Gasteiger partial charge in [0.2, 0.25) is 0 Å². The minimum atomic E-state index is -0.908. The molecule has 5 nitrogen and oxygen atoms in total. The van der Waals surface area contributed by atoms with Gasteiger partial charge in [-0.2, -0.15) is 0 Å². The maximum atomic E-state index is 12.0. The second-order valence-corrected chi connectivity index (χ2v) is 5.92. The summed E-state index contributed by atoms with van der Waals surface area (Å²) in [6.07, 6.45) is 9.58. The lowest BCUT2D eigenvalue weighted by molar-refractivity contribution is -0.00496. The zero-order valence-corrected chi connectivity index (χ0v) is 13.8. The third-order valence-electron chi connectivity index (χ3n) is 3.78. The third kappa shape index (κ3) is 5.56. The summed E-state index contributed by atoms with van der Waals surface area (Å²) in [5.74, 6) is 0. The third-order valence-corrected chi connectivity index (χ3v) is 3.78. The van der Waals surface area contributed by atoms with Gasteiger partial charge in [0.05, 0.1) is 11.6 Å². The summed E-state index contributed by atoms with van der Waals surface area (Å²) in [5, 5.41) is 13.0. The van der Waals surface area contributed by atoms with E-state index in [1.54, 1.807) is 24.9 Å². The minimum absolute atomic E-state index is 0.105. The van der Waals surface area contributed by atoms with Crippen molar-refractivity contribution in [3.05, 3.63) is 36.6 Å². The molecular weight excluding hydrogens is 280 g/mol. The molecule has 1 atom stereocenters. The van der Waals surface area contributed by atoms with Gasteiger partial charge >= 0.3 is 6.09 Å². The highest BCUT2D eigenvalue weighted by atomic mass is 16.6. The lowest BCUT2D eigenvalue weighted by Gasteiger charge is -2.33. The Morgan fingerprint density at radius 1 is 1.55 bits per heavy atom. The van der Waals surface area contributed by atoms with Crippen molar-refractivity contribution in [1.82, 2.24) is 10.2 Å². The Balaban J connectivity index is 2.36. The van der Waals surface area contributed by atoms with Crippen molar-refractivity contribution in [1.29, 1.82) is 0 Å². The number of allylic oxidation sites excluding steroid dienone is 4. The number of hydrogen-bond donors (Lipinski definition) is 2. The van der Waals surface area contributed by atoms with Crippen LogP contribution in [0, 0.1) is 0 Å². The van der Waals surface area contributed by atoms with Gasteiger partial charge in [-0.1, -0.05) is 25.7 Å². The molecule has 0 aromatic heterocycles. The van der Waals surface area contributed by atoms with E-state index < -0.39 is 5.60 Å². The number of likely N-dealkylation sites (tertiary alicyclic amines) is 1. The van der Waals surface area contributed by atoms with Gasteiger partial charge in [-0.05, 0) is 51.0 Å². The molecule has 1 rings (SSSR count). The molecular formula is C17H28N2O3. The lowest BCUT2D eigenvalue weighted by Crippen LogP contribution is -2.48. The van der Waals surface area contributed by atoms with E-state index in [4.69, 9.17) is 4.74 Å². The van der Waals surface area contributed by atoms with Gasteiger partial charge in [-0.3, -0.25) is 0 Å². The number of carbonyl (C=O) groups excluding carboxylic acids is 1. The van der Waals surface area contributed by atoms with Crippen LogP contribution in [0.2, 0.25) is 0 Å². The lowest BCUT2D eigenvalue weighted by atomic mass is 9.97. The second-order valence-electron chi connectivity index (χ2n) is 5.92. The quantitative estimate of drug-likeness (QED) is 0.431. The number of nitrogens with zero attached hydrogens (tertiary/aromatic N) is 1. The van der Waals surface area contributed by atoms with Crippen LogP contribution in [0.1, 0.15) is 40.0 Å². The van der Waals surface area contributed by atoms with Crippen LogP contribution in [-0.2, 0) is 4.74 Å². The van der Waals surface area contributed by atoms with Gasteiger partial charge in [0, 0.05) is 6.54 Å². The van der Waals surface area contributed by atoms with Gasteiger partial charge in [-0.25, -0.2) is 4.79 Å². The molecule has 0 aromatic rings. The summed E-state index contributed by atoms with van der Waals surface area (Å²) in [5.41, 5.74) is 0.231. The molecule has 0 radical (unpaired) electrons. The van der Waals surface area contributed by atoms with Crippen molar-refractivity contribution in [2.75, 3.05) is 13.3 Å². The van der Waals surface area contributed by atoms with Crippen LogP contribution in [-0.4, -0.2) is 41.0 Å². The summed E-state index contributed by atoms with van der Waals surface area (Å²) in [6.45, 7) is 9.97. The highest BCUT2D eigenvalue weighted by Gasteiger charge is 2.39. The highest BCUT2D eigenvalue weighted by Crippen LogP contribution is 2.27. The Morgan fingerprint density at radius 3 is 2.86 bits per heavy atom. The molecule has 1 fully saturated rings. The highest BCUT2D eigenvalue weighted by molar-refractivity contribution is 5.68. The van der Waals surface area contributed by atoms with Gasteiger partial charge in [0.25, 0.3) is 0 Å². The summed E-state index contributed by atoms with van der Waals surface area (Å²) in [7, 11) is 0. The van der Waals surface area contributed by atoms with E-state index in [-0.39, 0.29) is 18.9 Å². The van der Waals surface area contributed by atoms with Crippen LogP contribution in [0.5, 0.6) is 0 Å². The molecule has 0 spiro atoms. The Morgan fingerprint density at radius 2 is 2.27 bits per heavy atom. The van der Waals surface area contributed by atoms with Crippen molar-refractivity contribution in [3.63, 3.8) is 0 Å². The predicted molar refractivity (Wildman–Crippen MR) is 88.2 cm³/mol. The number of rotatable bonds is 7. The number of aliphatic hydroxyl groups is 1. The SMILES string of the molecule is C=C/C(=C\C=C/NCOC(=O)N1CCC[C@H]1C(C)(C)O)CC. The largest absolute Gasteiger partial charge is 0.428 e. The first-order valence-corrected chi connectivity index (χ1v) is 7.77. The van der Waals surface area contributed by atoms with Crippen LogP contribution >= 0.6 is 0 Å². The molecule has 1 aliphatic rings. The Kier molecular flexibility index (Phi) is 7.18. The van der Waals surface area contributed by atoms with Gasteiger partial charge < -0.3 is 20.1 Å². The fourth-order valence-corrected chi connectivity index (χ4v) is 2.52. The molecule has 0 bridgehead atoms. The van der Waals surface area contributed by atoms with Crippen LogP contribution in [0.15, 0.2) is 36.6 Å². The van der Waals surface area contributed by atoms with Crippen molar-refractivity contribution in [3.8, 4) is 0 Å². The number of ether oxygens (including phenoxy) is 1. The van der Waals surface area contributed by atoms with Crippen LogP contribution < -0.4 is 5.32 Å². The molecule has 0 aliphatic carbocycles. The van der Waals surface area contributed by atoms with E-state index >= 15 is 0 Å². The molecule has 124 valence electrons. The predicted octanol–water partition coefficient (Wildman–Crippen LogP) is 2.94. The number of hydrogen-bond acceptors (Lipinski definition) is 4. The van der Waals surface area contributed by atoms with Crippen LogP contribution in [0.25, 0.3) is 0 Å². The normalized spacial score (nSPS) is 19.5. The Labute approximate surface area is 133 Å². The molecule has 22 heavy (non-hydrogen) atoms. The smallest absolute Gasteiger partial charge is 0.411 e. The molecule has 1 amide bonds. The molecule has 0 saturated carbocycles. The maximum absolute atomic E-state index is 12.0. The van der Waals surface area contributed by atoms with E-state index in [0.717, 1.165) is 24.8 Å². The van der Waals surface area contributed by atoms with Gasteiger partial charge in [0.15, 0.2) is 6.73 Å². The maximum Gasteiger partial charge on any atom is 0.411 e. The fourth-order valence-electron chi connectivity index (χ4n) is 2.52. The molecule has 5 heteroatoms. The van der Waals surface area contributed by atoms with E-state index in [1.807, 2.05) is 18.2 Å². The first-order valence-electron chi connectivity index (χ1n) is 7.77. The first-order chi connectivity index (χ1) is 10.4. The number of carbonyl (C=O) groups is 1. The van der Waals surface area contributed by atoms with Crippen molar-refractivity contribution < 1.29 is 14.6 Å². The topological polar surface area (TPSA) is 61.8 Å². The molecule has 0 aromatic carbocycles. The standard InChI is InChI=1S/C17H28N2O3/c1-5-14(6-2)9-7-11-18-13-22-16(20)19-12-8-10-15(19)17(3,4)21/h5,7,9,11,15,18,21H,1,6,8,10,12-13H2,2-4H3/b11-7-,14-9+/t15-/m0/s1. The zero-order chi connectivity index (χ0) is 16.6. The van der Waals surface area contributed by atoms with E-state index in [9.17, 15) is 9.90 Å². The van der Waals surface area contributed by atoms with Crippen molar-refractivity contribution in [2.45, 2.75) is 51.7 Å². The number of amides is 1. The van der Waals surface area contributed by atoms with Gasteiger partial charge in [0.1, 0.15) is 0 Å². The zero-order valence-electron chi connectivity index (χ0n) is 13.8. The Hall–Kier alpha value is -1.75. The summed E-state index contributed by atoms with van der Waals surface area (Å²) < 4.78 is 5.18. The fraction of sp³-hybridized carbons (Fsp3) is 0.588. The molecule has 0 unspecified atom stereocenters. The van der Waals surface area contributed by atoms with Crippen LogP contribution in [0.4, 0.5) is 4.79 Å². The molecule has 1 heterocycles. The average Bonchev–Trinajstić information content (AvgIpc) is 2.96. The molecule has 1 saturated heterocycles. The molecule has 1 aliphatic heterocycles. The van der Waals surface area contributed by atoms with Gasteiger partial charge in [-0.15, -0.1) is 0 Å². The monoisotopic (exact) mass is 308 g/mol. The summed E-state index contributed by atoms with van der Waals surface area (Å²) >= 11 is 0. The molecule has 2 N–H and O–H groups in total. The van der Waals surface area contributed by atoms with Crippen molar-refractivity contribution in [2.24, 2.45) is 0 Å². The van der Waals surface area contributed by atoms with E-state index in [0.29, 0.717) is 6.54 Å². The van der Waals surface area contributed by atoms with Crippen LogP contribution in [0.3, 0.4) is 0 Å². The second kappa shape index (κ2) is 8.63. The average molecular weight is 308 g/mol. The minimum Gasteiger partial charge on any atom is -0.428 e. The van der Waals surface area contributed by atoms with Crippen molar-refractivity contribution >= 4 is 6.09 Å². The Bertz CT molecular complexity index is 436. The number of nitrogens with one attached hydrogen (secondary N) is 1.